The van der Waals surface area contributed by atoms with Crippen molar-refractivity contribution in [2.24, 2.45) is 0 Å². The Morgan fingerprint density at radius 1 is 1.22 bits per heavy atom. The molecule has 2 N–H and O–H groups in total. The molecule has 6 heteroatoms. The fourth-order valence-electron chi connectivity index (χ4n) is 2.06. The molecule has 0 aliphatic heterocycles. The van der Waals surface area contributed by atoms with Gasteiger partial charge in [0.05, 0.1) is 12.1 Å². The Morgan fingerprint density at radius 3 is 2.61 bits per heavy atom. The quantitative estimate of drug-likeness (QED) is 0.596. The van der Waals surface area contributed by atoms with Gasteiger partial charge in [0.25, 0.3) is 0 Å². The van der Waals surface area contributed by atoms with E-state index in [0.717, 1.165) is 30.6 Å². The third kappa shape index (κ3) is 5.69. The second kappa shape index (κ2) is 8.70. The summed E-state index contributed by atoms with van der Waals surface area (Å²) in [5.74, 6) is 0.408. The molecule has 0 radical (unpaired) electrons. The zero-order valence-corrected chi connectivity index (χ0v) is 14.3. The van der Waals surface area contributed by atoms with E-state index in [0.29, 0.717) is 15.9 Å². The highest BCUT2D eigenvalue weighted by Gasteiger charge is 2.03. The van der Waals surface area contributed by atoms with Crippen LogP contribution >= 0.6 is 23.8 Å². The SMILES string of the molecule is COc1ccc(NC(=S)NCCCc2ccc(F)cc2)cc1Cl. The van der Waals surface area contributed by atoms with Crippen molar-refractivity contribution in [2.75, 3.05) is 19.0 Å². The minimum atomic E-state index is -0.213. The van der Waals surface area contributed by atoms with Gasteiger partial charge in [-0.25, -0.2) is 4.39 Å². The van der Waals surface area contributed by atoms with Crippen LogP contribution in [0.4, 0.5) is 10.1 Å². The number of ether oxygens (including phenoxy) is 1. The topological polar surface area (TPSA) is 33.3 Å². The van der Waals surface area contributed by atoms with Gasteiger partial charge in [0.15, 0.2) is 5.11 Å². The fourth-order valence-corrected chi connectivity index (χ4v) is 2.54. The zero-order chi connectivity index (χ0) is 16.7. The number of thiocarbonyl (C=S) groups is 1. The van der Waals surface area contributed by atoms with Crippen molar-refractivity contribution in [1.82, 2.24) is 5.32 Å². The molecule has 3 nitrogen and oxygen atoms in total. The lowest BCUT2D eigenvalue weighted by Crippen LogP contribution is -2.29. The molecule has 2 rings (SSSR count). The average Bonchev–Trinajstić information content (AvgIpc) is 2.53. The van der Waals surface area contributed by atoms with Crippen molar-refractivity contribution in [3.05, 3.63) is 58.9 Å². The first-order valence-corrected chi connectivity index (χ1v) is 8.00. The molecule has 0 amide bonds. The lowest BCUT2D eigenvalue weighted by Gasteiger charge is -2.11. The van der Waals surface area contributed by atoms with Crippen LogP contribution in [-0.2, 0) is 6.42 Å². The number of halogens is 2. The monoisotopic (exact) mass is 352 g/mol. The second-order valence-electron chi connectivity index (χ2n) is 4.96. The Labute approximate surface area is 145 Å². The van der Waals surface area contributed by atoms with Gasteiger partial charge >= 0.3 is 0 Å². The van der Waals surface area contributed by atoms with Crippen molar-refractivity contribution >= 4 is 34.6 Å². The summed E-state index contributed by atoms with van der Waals surface area (Å²) in [6.07, 6.45) is 1.76. The third-order valence-electron chi connectivity index (χ3n) is 3.25. The summed E-state index contributed by atoms with van der Waals surface area (Å²) in [4.78, 5) is 0. The molecule has 122 valence electrons. The van der Waals surface area contributed by atoms with Gasteiger partial charge in [-0.15, -0.1) is 0 Å². The predicted molar refractivity (Wildman–Crippen MR) is 96.9 cm³/mol. The van der Waals surface area contributed by atoms with Gasteiger partial charge in [0, 0.05) is 12.2 Å². The summed E-state index contributed by atoms with van der Waals surface area (Å²) in [5.41, 5.74) is 1.90. The maximum absolute atomic E-state index is 12.8. The molecule has 0 saturated carbocycles. The molecule has 23 heavy (non-hydrogen) atoms. The first kappa shape index (κ1) is 17.5. The van der Waals surface area contributed by atoms with E-state index in [-0.39, 0.29) is 5.82 Å². The lowest BCUT2D eigenvalue weighted by atomic mass is 10.1. The van der Waals surface area contributed by atoms with E-state index in [1.54, 1.807) is 31.4 Å². The molecule has 2 aromatic rings. The fraction of sp³-hybridized carbons (Fsp3) is 0.235. The summed E-state index contributed by atoms with van der Waals surface area (Å²) < 4.78 is 17.9. The maximum atomic E-state index is 12.8. The van der Waals surface area contributed by atoms with Crippen LogP contribution in [0.1, 0.15) is 12.0 Å². The predicted octanol–water partition coefficient (Wildman–Crippen LogP) is 4.41. The standard InChI is InChI=1S/C17H18ClFN2OS/c1-22-16-9-8-14(11-15(16)18)21-17(23)20-10-2-3-12-4-6-13(19)7-5-12/h4-9,11H,2-3,10H2,1H3,(H2,20,21,23). The van der Waals surface area contributed by atoms with E-state index in [1.807, 2.05) is 6.07 Å². The Bertz CT molecular complexity index is 664. The molecular weight excluding hydrogens is 335 g/mol. The molecule has 0 spiro atoms. The zero-order valence-electron chi connectivity index (χ0n) is 12.7. The van der Waals surface area contributed by atoms with E-state index in [9.17, 15) is 4.39 Å². The summed E-state index contributed by atoms with van der Waals surface area (Å²) >= 11 is 11.3. The number of rotatable bonds is 6. The van der Waals surface area contributed by atoms with Gasteiger partial charge in [-0.3, -0.25) is 0 Å². The van der Waals surface area contributed by atoms with Gasteiger partial charge in [-0.1, -0.05) is 23.7 Å². The number of hydrogen-bond donors (Lipinski definition) is 2. The van der Waals surface area contributed by atoms with E-state index in [1.165, 1.54) is 12.1 Å². The van der Waals surface area contributed by atoms with E-state index < -0.39 is 0 Å². The van der Waals surface area contributed by atoms with Crippen LogP contribution in [-0.4, -0.2) is 18.8 Å². The van der Waals surface area contributed by atoms with Crippen LogP contribution < -0.4 is 15.4 Å². The smallest absolute Gasteiger partial charge is 0.170 e. The van der Waals surface area contributed by atoms with Crippen LogP contribution in [0, 0.1) is 5.82 Å². The minimum absolute atomic E-state index is 0.213. The minimum Gasteiger partial charge on any atom is -0.495 e. The molecule has 0 bridgehead atoms. The maximum Gasteiger partial charge on any atom is 0.170 e. The van der Waals surface area contributed by atoms with Gasteiger partial charge in [0.1, 0.15) is 11.6 Å². The molecular formula is C17H18ClFN2OS. The van der Waals surface area contributed by atoms with Crippen molar-refractivity contribution in [3.8, 4) is 5.75 Å². The van der Waals surface area contributed by atoms with Gasteiger partial charge < -0.3 is 15.4 Å². The van der Waals surface area contributed by atoms with Crippen molar-refractivity contribution in [3.63, 3.8) is 0 Å². The van der Waals surface area contributed by atoms with Crippen molar-refractivity contribution < 1.29 is 9.13 Å². The normalized spacial score (nSPS) is 10.2. The van der Waals surface area contributed by atoms with Gasteiger partial charge in [0.2, 0.25) is 0 Å². The number of aryl methyl sites for hydroxylation is 1. The second-order valence-corrected chi connectivity index (χ2v) is 5.78. The molecule has 0 aromatic heterocycles. The Hall–Kier alpha value is -1.85. The summed E-state index contributed by atoms with van der Waals surface area (Å²) in [6, 6.07) is 11.9. The molecule has 0 unspecified atom stereocenters. The van der Waals surface area contributed by atoms with Gasteiger partial charge in [-0.2, -0.15) is 0 Å². The van der Waals surface area contributed by atoms with Crippen molar-refractivity contribution in [2.45, 2.75) is 12.8 Å². The number of hydrogen-bond acceptors (Lipinski definition) is 2. The van der Waals surface area contributed by atoms with Crippen LogP contribution in [0.3, 0.4) is 0 Å². The van der Waals surface area contributed by atoms with E-state index >= 15 is 0 Å². The molecule has 0 heterocycles. The summed E-state index contributed by atoms with van der Waals surface area (Å²) in [5, 5.41) is 7.26. The van der Waals surface area contributed by atoms with E-state index in [2.05, 4.69) is 10.6 Å². The van der Waals surface area contributed by atoms with Crippen molar-refractivity contribution in [1.29, 1.82) is 0 Å². The Balaban J connectivity index is 1.72. The highest BCUT2D eigenvalue weighted by Crippen LogP contribution is 2.27. The molecule has 2 aromatic carbocycles. The molecule has 0 atom stereocenters. The summed E-state index contributed by atoms with van der Waals surface area (Å²) in [7, 11) is 1.57. The average molecular weight is 353 g/mol. The van der Waals surface area contributed by atoms with Crippen LogP contribution in [0.2, 0.25) is 5.02 Å². The first-order chi connectivity index (χ1) is 11.1. The Morgan fingerprint density at radius 2 is 1.96 bits per heavy atom. The third-order valence-corrected chi connectivity index (χ3v) is 3.79. The molecule has 0 fully saturated rings. The first-order valence-electron chi connectivity index (χ1n) is 7.21. The molecule has 0 aliphatic carbocycles. The Kier molecular flexibility index (Phi) is 6.62. The van der Waals surface area contributed by atoms with E-state index in [4.69, 9.17) is 28.6 Å². The number of methoxy groups -OCH3 is 1. The molecule has 0 aliphatic rings. The lowest BCUT2D eigenvalue weighted by molar-refractivity contribution is 0.415. The molecule has 0 saturated heterocycles. The largest absolute Gasteiger partial charge is 0.495 e. The highest BCUT2D eigenvalue weighted by atomic mass is 35.5. The summed E-state index contributed by atoms with van der Waals surface area (Å²) in [6.45, 7) is 0.729. The number of benzene rings is 2. The van der Waals surface area contributed by atoms with Gasteiger partial charge in [-0.05, 0) is 61.0 Å². The number of nitrogens with one attached hydrogen (secondary N) is 2. The number of anilines is 1. The van der Waals surface area contributed by atoms with Crippen LogP contribution in [0.25, 0.3) is 0 Å². The van der Waals surface area contributed by atoms with Crippen LogP contribution in [0.5, 0.6) is 5.75 Å². The highest BCUT2D eigenvalue weighted by molar-refractivity contribution is 7.80. The van der Waals surface area contributed by atoms with Crippen LogP contribution in [0.15, 0.2) is 42.5 Å².